The summed E-state index contributed by atoms with van der Waals surface area (Å²) in [6.45, 7) is 0. The smallest absolute Gasteiger partial charge is 0.174 e. The molecule has 100 valence electrons. The van der Waals surface area contributed by atoms with Crippen LogP contribution in [0.15, 0.2) is 42.5 Å². The Balaban J connectivity index is 2.06. The number of hydrogen-bond donors (Lipinski definition) is 2. The summed E-state index contributed by atoms with van der Waals surface area (Å²) in [6, 6.07) is 12.8. The minimum absolute atomic E-state index is 0.305. The number of nitrogens with zero attached hydrogens (tertiary/aromatic N) is 2. The van der Waals surface area contributed by atoms with Crippen molar-refractivity contribution in [1.82, 2.24) is 9.97 Å². The van der Waals surface area contributed by atoms with Crippen LogP contribution in [0.3, 0.4) is 0 Å². The van der Waals surface area contributed by atoms with Crippen LogP contribution in [0.4, 0.5) is 17.3 Å². The van der Waals surface area contributed by atoms with Gasteiger partial charge < -0.3 is 11.1 Å². The van der Waals surface area contributed by atoms with Crippen LogP contribution >= 0.6 is 23.2 Å². The Kier molecular flexibility index (Phi) is 3.34. The first kappa shape index (κ1) is 13.0. The number of nitrogens with one attached hydrogen (secondary N) is 1. The molecule has 2 aromatic carbocycles. The number of nitrogen functional groups attached to an aromatic ring is 1. The zero-order chi connectivity index (χ0) is 14.1. The van der Waals surface area contributed by atoms with E-state index in [0.717, 1.165) is 11.0 Å². The SMILES string of the molecule is Nc1nc2ccccc2nc1Nc1cccc(Cl)c1Cl. The predicted molar refractivity (Wildman–Crippen MR) is 83.7 cm³/mol. The van der Waals surface area contributed by atoms with Crippen LogP contribution in [-0.4, -0.2) is 9.97 Å². The fourth-order valence-corrected chi connectivity index (χ4v) is 2.18. The lowest BCUT2D eigenvalue weighted by Crippen LogP contribution is -2.02. The molecule has 0 atom stereocenters. The van der Waals surface area contributed by atoms with Crippen LogP contribution in [0.5, 0.6) is 0 Å². The molecule has 0 aliphatic heterocycles. The highest BCUT2D eigenvalue weighted by Crippen LogP contribution is 2.32. The van der Waals surface area contributed by atoms with E-state index in [1.165, 1.54) is 0 Å². The van der Waals surface area contributed by atoms with E-state index in [1.54, 1.807) is 18.2 Å². The van der Waals surface area contributed by atoms with Crippen molar-refractivity contribution in [3.05, 3.63) is 52.5 Å². The van der Waals surface area contributed by atoms with Crippen LogP contribution in [-0.2, 0) is 0 Å². The van der Waals surface area contributed by atoms with Crippen molar-refractivity contribution in [2.75, 3.05) is 11.1 Å². The zero-order valence-electron chi connectivity index (χ0n) is 10.3. The highest BCUT2D eigenvalue weighted by molar-refractivity contribution is 6.43. The number of benzene rings is 2. The Labute approximate surface area is 125 Å². The van der Waals surface area contributed by atoms with E-state index in [2.05, 4.69) is 15.3 Å². The van der Waals surface area contributed by atoms with Gasteiger partial charge in [0.15, 0.2) is 11.6 Å². The van der Waals surface area contributed by atoms with E-state index in [9.17, 15) is 0 Å². The van der Waals surface area contributed by atoms with Gasteiger partial charge in [0.2, 0.25) is 0 Å². The second kappa shape index (κ2) is 5.15. The molecule has 0 radical (unpaired) electrons. The van der Waals surface area contributed by atoms with Gasteiger partial charge in [0.1, 0.15) is 0 Å². The number of rotatable bonds is 2. The quantitative estimate of drug-likeness (QED) is 0.742. The van der Waals surface area contributed by atoms with Crippen molar-refractivity contribution < 1.29 is 0 Å². The van der Waals surface area contributed by atoms with Gasteiger partial charge in [-0.1, -0.05) is 41.4 Å². The summed E-state index contributed by atoms with van der Waals surface area (Å²) in [5, 5.41) is 3.94. The van der Waals surface area contributed by atoms with Gasteiger partial charge in [0, 0.05) is 0 Å². The summed E-state index contributed by atoms with van der Waals surface area (Å²) >= 11 is 12.1. The molecule has 20 heavy (non-hydrogen) atoms. The van der Waals surface area contributed by atoms with E-state index in [-0.39, 0.29) is 0 Å². The molecule has 1 aromatic heterocycles. The lowest BCUT2D eigenvalue weighted by Gasteiger charge is -2.11. The summed E-state index contributed by atoms with van der Waals surface area (Å²) < 4.78 is 0. The lowest BCUT2D eigenvalue weighted by atomic mass is 10.3. The fourth-order valence-electron chi connectivity index (χ4n) is 1.83. The molecule has 0 aliphatic carbocycles. The average Bonchev–Trinajstić information content (AvgIpc) is 2.44. The Hall–Kier alpha value is -2.04. The third-order valence-electron chi connectivity index (χ3n) is 2.80. The molecule has 0 fully saturated rings. The van der Waals surface area contributed by atoms with Gasteiger partial charge in [-0.2, -0.15) is 0 Å². The van der Waals surface area contributed by atoms with Gasteiger partial charge in [0.25, 0.3) is 0 Å². The molecular weight excluding hydrogens is 295 g/mol. The van der Waals surface area contributed by atoms with Gasteiger partial charge in [-0.25, -0.2) is 9.97 Å². The number of aromatic nitrogens is 2. The summed E-state index contributed by atoms with van der Waals surface area (Å²) in [5.41, 5.74) is 8.04. The van der Waals surface area contributed by atoms with Crippen molar-refractivity contribution in [2.45, 2.75) is 0 Å². The number of halogens is 2. The van der Waals surface area contributed by atoms with Crippen molar-refractivity contribution in [3.63, 3.8) is 0 Å². The molecule has 0 saturated carbocycles. The molecule has 1 heterocycles. The van der Waals surface area contributed by atoms with Gasteiger partial charge in [0.05, 0.1) is 26.8 Å². The molecular formula is C14H10Cl2N4. The molecule has 3 aromatic rings. The van der Waals surface area contributed by atoms with Crippen LogP contribution < -0.4 is 11.1 Å². The van der Waals surface area contributed by atoms with E-state index < -0.39 is 0 Å². The maximum atomic E-state index is 6.13. The fraction of sp³-hybridized carbons (Fsp3) is 0. The molecule has 6 heteroatoms. The molecule has 0 bridgehead atoms. The first-order chi connectivity index (χ1) is 9.65. The van der Waals surface area contributed by atoms with Crippen LogP contribution in [0, 0.1) is 0 Å². The molecule has 4 nitrogen and oxygen atoms in total. The largest absolute Gasteiger partial charge is 0.381 e. The first-order valence-corrected chi connectivity index (χ1v) is 6.64. The van der Waals surface area contributed by atoms with Crippen molar-refractivity contribution >= 4 is 51.6 Å². The maximum Gasteiger partial charge on any atom is 0.174 e. The molecule has 0 unspecified atom stereocenters. The Morgan fingerprint density at radius 1 is 0.900 bits per heavy atom. The third-order valence-corrected chi connectivity index (χ3v) is 3.62. The normalized spacial score (nSPS) is 10.7. The van der Waals surface area contributed by atoms with Crippen LogP contribution in [0.1, 0.15) is 0 Å². The summed E-state index contributed by atoms with van der Waals surface area (Å²) in [7, 11) is 0. The molecule has 0 saturated heterocycles. The van der Waals surface area contributed by atoms with Gasteiger partial charge in [-0.05, 0) is 24.3 Å². The number of hydrogen-bond acceptors (Lipinski definition) is 4. The zero-order valence-corrected chi connectivity index (χ0v) is 11.8. The summed E-state index contributed by atoms with van der Waals surface area (Å²) in [4.78, 5) is 8.74. The predicted octanol–water partition coefficient (Wildman–Crippen LogP) is 4.26. The summed E-state index contributed by atoms with van der Waals surface area (Å²) in [6.07, 6.45) is 0. The Morgan fingerprint density at radius 3 is 2.35 bits per heavy atom. The monoisotopic (exact) mass is 304 g/mol. The van der Waals surface area contributed by atoms with Crippen molar-refractivity contribution in [1.29, 1.82) is 0 Å². The second-order valence-corrected chi connectivity index (χ2v) is 4.96. The topological polar surface area (TPSA) is 63.8 Å². The minimum Gasteiger partial charge on any atom is -0.381 e. The van der Waals surface area contributed by atoms with E-state index in [4.69, 9.17) is 28.9 Å². The van der Waals surface area contributed by atoms with Gasteiger partial charge in [-0.3, -0.25) is 0 Å². The lowest BCUT2D eigenvalue weighted by molar-refractivity contribution is 1.29. The van der Waals surface area contributed by atoms with Crippen molar-refractivity contribution in [3.8, 4) is 0 Å². The first-order valence-electron chi connectivity index (χ1n) is 5.88. The van der Waals surface area contributed by atoms with Gasteiger partial charge >= 0.3 is 0 Å². The number of anilines is 3. The standard InChI is InChI=1S/C14H10Cl2N4/c15-8-4-3-7-11(12(8)16)20-14-13(17)18-9-5-1-2-6-10(9)19-14/h1-7H,(H2,17,18)(H,19,20). The number of para-hydroxylation sites is 2. The van der Waals surface area contributed by atoms with Crippen LogP contribution in [0.25, 0.3) is 11.0 Å². The van der Waals surface area contributed by atoms with Crippen LogP contribution in [0.2, 0.25) is 10.0 Å². The highest BCUT2D eigenvalue weighted by Gasteiger charge is 2.09. The molecule has 3 rings (SSSR count). The molecule has 0 aliphatic rings. The molecule has 3 N–H and O–H groups in total. The highest BCUT2D eigenvalue weighted by atomic mass is 35.5. The second-order valence-electron chi connectivity index (χ2n) is 4.17. The molecule has 0 amide bonds. The molecule has 0 spiro atoms. The third kappa shape index (κ3) is 2.35. The van der Waals surface area contributed by atoms with Crippen molar-refractivity contribution in [2.24, 2.45) is 0 Å². The van der Waals surface area contributed by atoms with E-state index in [0.29, 0.717) is 27.4 Å². The number of nitrogens with two attached hydrogens (primary N) is 1. The Morgan fingerprint density at radius 2 is 1.60 bits per heavy atom. The van der Waals surface area contributed by atoms with E-state index in [1.807, 2.05) is 24.3 Å². The maximum absolute atomic E-state index is 6.13. The van der Waals surface area contributed by atoms with Gasteiger partial charge in [-0.15, -0.1) is 0 Å². The average molecular weight is 305 g/mol. The van der Waals surface area contributed by atoms with E-state index >= 15 is 0 Å². The minimum atomic E-state index is 0.305. The Bertz CT molecular complexity index is 789. The number of fused-ring (bicyclic) bond motifs is 1. The summed E-state index contributed by atoms with van der Waals surface area (Å²) in [5.74, 6) is 0.757.